The standard InChI is InChI=1S/C16H12O2/c17-15-9-12-7-4-8-13(14(12)10-16(15)18)11-5-2-1-3-6-11/h1-10,17-18H. The van der Waals surface area contributed by atoms with Gasteiger partial charge in [-0.25, -0.2) is 0 Å². The van der Waals surface area contributed by atoms with Crippen LogP contribution < -0.4 is 0 Å². The Balaban J connectivity index is 2.34. The highest BCUT2D eigenvalue weighted by molar-refractivity contribution is 5.98. The fourth-order valence-electron chi connectivity index (χ4n) is 2.17. The lowest BCUT2D eigenvalue weighted by Gasteiger charge is -2.08. The van der Waals surface area contributed by atoms with Gasteiger partial charge >= 0.3 is 0 Å². The molecule has 88 valence electrons. The van der Waals surface area contributed by atoms with E-state index in [1.165, 1.54) is 0 Å². The molecule has 0 aromatic heterocycles. The molecule has 0 radical (unpaired) electrons. The fourth-order valence-corrected chi connectivity index (χ4v) is 2.17. The average Bonchev–Trinajstić information content (AvgIpc) is 2.40. The third-order valence-corrected chi connectivity index (χ3v) is 3.06. The molecule has 0 aliphatic rings. The van der Waals surface area contributed by atoms with Crippen molar-refractivity contribution in [2.24, 2.45) is 0 Å². The van der Waals surface area contributed by atoms with Gasteiger partial charge in [-0.1, -0.05) is 48.5 Å². The zero-order valence-corrected chi connectivity index (χ0v) is 9.67. The van der Waals surface area contributed by atoms with Crippen LogP contribution in [0.1, 0.15) is 0 Å². The van der Waals surface area contributed by atoms with Crippen LogP contribution in [0.3, 0.4) is 0 Å². The molecular formula is C16H12O2. The van der Waals surface area contributed by atoms with Gasteiger partial charge in [-0.05, 0) is 34.0 Å². The van der Waals surface area contributed by atoms with Crippen LogP contribution in [0.4, 0.5) is 0 Å². The first-order chi connectivity index (χ1) is 8.75. The number of hydrogen-bond donors (Lipinski definition) is 2. The van der Waals surface area contributed by atoms with E-state index in [4.69, 9.17) is 0 Å². The number of benzene rings is 3. The fraction of sp³-hybridized carbons (Fsp3) is 0. The molecule has 0 aliphatic carbocycles. The quantitative estimate of drug-likeness (QED) is 0.629. The van der Waals surface area contributed by atoms with Crippen molar-refractivity contribution in [1.29, 1.82) is 0 Å². The third kappa shape index (κ3) is 1.68. The lowest BCUT2D eigenvalue weighted by atomic mass is 9.98. The predicted octanol–water partition coefficient (Wildman–Crippen LogP) is 3.92. The molecule has 2 nitrogen and oxygen atoms in total. The summed E-state index contributed by atoms with van der Waals surface area (Å²) in [5.41, 5.74) is 2.14. The van der Waals surface area contributed by atoms with Gasteiger partial charge in [-0.3, -0.25) is 0 Å². The molecule has 0 aliphatic heterocycles. The minimum atomic E-state index is -0.0918. The summed E-state index contributed by atoms with van der Waals surface area (Å²) in [6, 6.07) is 19.0. The summed E-state index contributed by atoms with van der Waals surface area (Å²) in [4.78, 5) is 0. The molecule has 3 aromatic rings. The van der Waals surface area contributed by atoms with Crippen molar-refractivity contribution < 1.29 is 10.2 Å². The van der Waals surface area contributed by atoms with Crippen molar-refractivity contribution in [3.8, 4) is 22.6 Å². The Bertz CT molecular complexity index is 703. The summed E-state index contributed by atoms with van der Waals surface area (Å²) in [6.45, 7) is 0. The monoisotopic (exact) mass is 236 g/mol. The first-order valence-electron chi connectivity index (χ1n) is 5.76. The molecule has 0 amide bonds. The number of phenolic OH excluding ortho intramolecular Hbond substituents is 2. The number of fused-ring (bicyclic) bond motifs is 1. The number of aromatic hydroxyl groups is 2. The van der Waals surface area contributed by atoms with Gasteiger partial charge in [0.25, 0.3) is 0 Å². The normalized spacial score (nSPS) is 10.7. The smallest absolute Gasteiger partial charge is 0.158 e. The zero-order valence-electron chi connectivity index (χ0n) is 9.67. The molecule has 2 heteroatoms. The lowest BCUT2D eigenvalue weighted by molar-refractivity contribution is 0.405. The van der Waals surface area contributed by atoms with E-state index in [1.54, 1.807) is 12.1 Å². The minimum Gasteiger partial charge on any atom is -0.504 e. The predicted molar refractivity (Wildman–Crippen MR) is 72.7 cm³/mol. The second kappa shape index (κ2) is 4.08. The lowest BCUT2D eigenvalue weighted by Crippen LogP contribution is -1.81. The molecule has 0 spiro atoms. The summed E-state index contributed by atoms with van der Waals surface area (Å²) in [7, 11) is 0. The number of phenols is 2. The largest absolute Gasteiger partial charge is 0.504 e. The summed E-state index contributed by atoms with van der Waals surface area (Å²) in [6.07, 6.45) is 0. The zero-order chi connectivity index (χ0) is 12.5. The van der Waals surface area contributed by atoms with Crippen LogP contribution in [0.25, 0.3) is 21.9 Å². The van der Waals surface area contributed by atoms with E-state index in [1.807, 2.05) is 48.5 Å². The summed E-state index contributed by atoms with van der Waals surface area (Å²) in [5.74, 6) is -0.182. The molecule has 0 fully saturated rings. The second-order valence-electron chi connectivity index (χ2n) is 4.23. The topological polar surface area (TPSA) is 40.5 Å². The van der Waals surface area contributed by atoms with Gasteiger partial charge in [0, 0.05) is 0 Å². The van der Waals surface area contributed by atoms with E-state index < -0.39 is 0 Å². The van der Waals surface area contributed by atoms with Gasteiger partial charge in [-0.2, -0.15) is 0 Å². The number of hydrogen-bond acceptors (Lipinski definition) is 2. The number of rotatable bonds is 1. The molecule has 3 rings (SSSR count). The van der Waals surface area contributed by atoms with Crippen molar-refractivity contribution in [2.75, 3.05) is 0 Å². The van der Waals surface area contributed by atoms with Crippen LogP contribution in [-0.2, 0) is 0 Å². The minimum absolute atomic E-state index is 0.0901. The highest BCUT2D eigenvalue weighted by atomic mass is 16.3. The SMILES string of the molecule is Oc1cc2cccc(-c3ccccc3)c2cc1O. The maximum Gasteiger partial charge on any atom is 0.158 e. The molecular weight excluding hydrogens is 224 g/mol. The molecule has 0 bridgehead atoms. The van der Waals surface area contributed by atoms with Crippen molar-refractivity contribution in [3.05, 3.63) is 60.7 Å². The maximum atomic E-state index is 9.64. The highest BCUT2D eigenvalue weighted by Crippen LogP contribution is 2.35. The summed E-state index contributed by atoms with van der Waals surface area (Å²) >= 11 is 0. The van der Waals surface area contributed by atoms with Gasteiger partial charge in [0.1, 0.15) is 0 Å². The van der Waals surface area contributed by atoms with Crippen LogP contribution >= 0.6 is 0 Å². The van der Waals surface area contributed by atoms with Crippen LogP contribution in [-0.4, -0.2) is 10.2 Å². The molecule has 0 heterocycles. The van der Waals surface area contributed by atoms with Crippen molar-refractivity contribution in [3.63, 3.8) is 0 Å². The molecule has 0 atom stereocenters. The van der Waals surface area contributed by atoms with Crippen LogP contribution in [0.5, 0.6) is 11.5 Å². The van der Waals surface area contributed by atoms with E-state index in [0.29, 0.717) is 0 Å². The molecule has 0 saturated carbocycles. The Morgan fingerprint density at radius 1 is 0.667 bits per heavy atom. The Labute approximate surface area is 105 Å². The van der Waals surface area contributed by atoms with E-state index in [9.17, 15) is 10.2 Å². The Kier molecular flexibility index (Phi) is 2.41. The van der Waals surface area contributed by atoms with E-state index in [2.05, 4.69) is 0 Å². The molecule has 0 saturated heterocycles. The van der Waals surface area contributed by atoms with Gasteiger partial charge in [0.15, 0.2) is 11.5 Å². The summed E-state index contributed by atoms with van der Waals surface area (Å²) < 4.78 is 0. The van der Waals surface area contributed by atoms with E-state index in [-0.39, 0.29) is 11.5 Å². The molecule has 18 heavy (non-hydrogen) atoms. The van der Waals surface area contributed by atoms with Crippen LogP contribution in [0, 0.1) is 0 Å². The first kappa shape index (κ1) is 10.7. The highest BCUT2D eigenvalue weighted by Gasteiger charge is 2.07. The Morgan fingerprint density at radius 3 is 2.17 bits per heavy atom. The van der Waals surface area contributed by atoms with Crippen LogP contribution in [0.15, 0.2) is 60.7 Å². The summed E-state index contributed by atoms with van der Waals surface area (Å²) in [5, 5.41) is 21.0. The molecule has 2 N–H and O–H groups in total. The van der Waals surface area contributed by atoms with Gasteiger partial charge in [-0.15, -0.1) is 0 Å². The molecule has 3 aromatic carbocycles. The molecule has 0 unspecified atom stereocenters. The van der Waals surface area contributed by atoms with Gasteiger partial charge in [0.05, 0.1) is 0 Å². The third-order valence-electron chi connectivity index (χ3n) is 3.06. The van der Waals surface area contributed by atoms with E-state index >= 15 is 0 Å². The first-order valence-corrected chi connectivity index (χ1v) is 5.76. The van der Waals surface area contributed by atoms with Crippen LogP contribution in [0.2, 0.25) is 0 Å². The Hall–Kier alpha value is -2.48. The van der Waals surface area contributed by atoms with Gasteiger partial charge in [0.2, 0.25) is 0 Å². The van der Waals surface area contributed by atoms with Gasteiger partial charge < -0.3 is 10.2 Å². The maximum absolute atomic E-state index is 9.64. The Morgan fingerprint density at radius 2 is 1.39 bits per heavy atom. The van der Waals surface area contributed by atoms with Crippen molar-refractivity contribution in [2.45, 2.75) is 0 Å². The van der Waals surface area contributed by atoms with Crippen molar-refractivity contribution in [1.82, 2.24) is 0 Å². The average molecular weight is 236 g/mol. The van der Waals surface area contributed by atoms with E-state index in [0.717, 1.165) is 21.9 Å². The van der Waals surface area contributed by atoms with Crippen molar-refractivity contribution >= 4 is 10.8 Å². The second-order valence-corrected chi connectivity index (χ2v) is 4.23.